The molecular weight excluding hydrogens is 299 g/mol. The molecule has 0 aliphatic carbocycles. The third kappa shape index (κ3) is 3.85. The van der Waals surface area contributed by atoms with Gasteiger partial charge in [0.1, 0.15) is 0 Å². The van der Waals surface area contributed by atoms with E-state index in [1.165, 1.54) is 0 Å². The topological polar surface area (TPSA) is 66.6 Å². The number of nitrogens with two attached hydrogens (primary N) is 1. The van der Waals surface area contributed by atoms with E-state index in [1.807, 2.05) is 0 Å². The number of nitrogens with zero attached hydrogens (tertiary/aromatic N) is 1. The van der Waals surface area contributed by atoms with Gasteiger partial charge >= 0.3 is 0 Å². The van der Waals surface area contributed by atoms with Crippen molar-refractivity contribution in [2.24, 2.45) is 11.7 Å². The Morgan fingerprint density at radius 2 is 2.05 bits per heavy atom. The first-order chi connectivity index (χ1) is 9.47. The van der Waals surface area contributed by atoms with Crippen molar-refractivity contribution in [3.05, 3.63) is 33.8 Å². The lowest BCUT2D eigenvalue weighted by atomic mass is 9.96. The lowest BCUT2D eigenvalue weighted by molar-refractivity contribution is -0.123. The zero-order valence-corrected chi connectivity index (χ0v) is 12.6. The van der Waals surface area contributed by atoms with Crippen LogP contribution in [0.25, 0.3) is 0 Å². The van der Waals surface area contributed by atoms with Crippen molar-refractivity contribution in [1.29, 1.82) is 0 Å². The fourth-order valence-corrected chi connectivity index (χ4v) is 2.94. The number of benzene rings is 1. The third-order valence-corrected chi connectivity index (χ3v) is 4.32. The molecule has 1 aromatic rings. The van der Waals surface area contributed by atoms with E-state index in [4.69, 9.17) is 28.9 Å². The Labute approximate surface area is 128 Å². The molecule has 0 radical (unpaired) electrons. The Hall–Kier alpha value is -0.810. The molecule has 1 aliphatic heterocycles. The number of piperidine rings is 1. The van der Waals surface area contributed by atoms with E-state index in [9.17, 15) is 9.90 Å². The highest BCUT2D eigenvalue weighted by atomic mass is 35.5. The lowest BCUT2D eigenvalue weighted by Gasteiger charge is -2.32. The van der Waals surface area contributed by atoms with Crippen LogP contribution in [0, 0.1) is 5.92 Å². The van der Waals surface area contributed by atoms with E-state index in [-0.39, 0.29) is 11.8 Å². The van der Waals surface area contributed by atoms with Crippen LogP contribution in [-0.4, -0.2) is 35.5 Å². The minimum Gasteiger partial charge on any atom is -0.387 e. The van der Waals surface area contributed by atoms with Crippen molar-refractivity contribution in [2.75, 3.05) is 19.6 Å². The molecule has 1 amide bonds. The maximum absolute atomic E-state index is 11.1. The summed E-state index contributed by atoms with van der Waals surface area (Å²) in [5.41, 5.74) is 5.94. The van der Waals surface area contributed by atoms with Gasteiger partial charge in [0.2, 0.25) is 5.91 Å². The second-order valence-corrected chi connectivity index (χ2v) is 6.00. The summed E-state index contributed by atoms with van der Waals surface area (Å²) in [7, 11) is 0. The molecule has 1 aliphatic rings. The number of β-amino-alcohol motifs (C(OH)–C–C–N with tert-alkyl or cyclic N) is 1. The number of amides is 1. The number of carbonyl (C=O) groups excluding carboxylic acids is 1. The highest BCUT2D eigenvalue weighted by molar-refractivity contribution is 6.33. The molecule has 3 N–H and O–H groups in total. The van der Waals surface area contributed by atoms with Crippen LogP contribution in [0.1, 0.15) is 24.5 Å². The van der Waals surface area contributed by atoms with Gasteiger partial charge in [0.05, 0.1) is 6.10 Å². The van der Waals surface area contributed by atoms with Crippen molar-refractivity contribution >= 4 is 29.1 Å². The summed E-state index contributed by atoms with van der Waals surface area (Å²) in [5, 5.41) is 11.3. The van der Waals surface area contributed by atoms with E-state index >= 15 is 0 Å². The number of aliphatic hydroxyl groups is 1. The van der Waals surface area contributed by atoms with Crippen molar-refractivity contribution < 1.29 is 9.90 Å². The summed E-state index contributed by atoms with van der Waals surface area (Å²) < 4.78 is 0. The average molecular weight is 317 g/mol. The monoisotopic (exact) mass is 316 g/mol. The number of primary amides is 1. The van der Waals surface area contributed by atoms with Gasteiger partial charge in [-0.15, -0.1) is 0 Å². The molecule has 1 heterocycles. The van der Waals surface area contributed by atoms with Crippen LogP contribution >= 0.6 is 23.2 Å². The smallest absolute Gasteiger partial charge is 0.220 e. The van der Waals surface area contributed by atoms with E-state index in [0.29, 0.717) is 22.2 Å². The highest BCUT2D eigenvalue weighted by Crippen LogP contribution is 2.28. The first-order valence-electron chi connectivity index (χ1n) is 6.62. The number of rotatable bonds is 4. The van der Waals surface area contributed by atoms with Gasteiger partial charge in [0, 0.05) is 28.1 Å². The first-order valence-corrected chi connectivity index (χ1v) is 7.37. The molecule has 4 nitrogen and oxygen atoms in total. The second kappa shape index (κ2) is 6.76. The summed E-state index contributed by atoms with van der Waals surface area (Å²) in [6.07, 6.45) is 0.794. The number of hydrogen-bond donors (Lipinski definition) is 2. The third-order valence-electron chi connectivity index (χ3n) is 3.74. The molecule has 110 valence electrons. The molecule has 20 heavy (non-hydrogen) atoms. The highest BCUT2D eigenvalue weighted by Gasteiger charge is 2.25. The molecule has 0 spiro atoms. The summed E-state index contributed by atoms with van der Waals surface area (Å²) in [6, 6.07) is 5.06. The molecule has 1 atom stereocenters. The summed E-state index contributed by atoms with van der Waals surface area (Å²) in [5.74, 6) is -0.277. The average Bonchev–Trinajstić information content (AvgIpc) is 2.42. The molecule has 2 rings (SSSR count). The Morgan fingerprint density at radius 3 is 2.65 bits per heavy atom. The Bertz CT molecular complexity index is 488. The van der Waals surface area contributed by atoms with Gasteiger partial charge in [-0.3, -0.25) is 4.79 Å². The predicted octanol–water partition coefficient (Wildman–Crippen LogP) is 2.22. The van der Waals surface area contributed by atoms with E-state index < -0.39 is 6.10 Å². The maximum atomic E-state index is 11.1. The fourth-order valence-electron chi connectivity index (χ4n) is 2.51. The van der Waals surface area contributed by atoms with Crippen LogP contribution in [0.3, 0.4) is 0 Å². The molecule has 0 saturated carbocycles. The van der Waals surface area contributed by atoms with Crippen LogP contribution in [-0.2, 0) is 4.79 Å². The minimum atomic E-state index is -0.689. The molecular formula is C14H18Cl2N2O2. The second-order valence-electron chi connectivity index (χ2n) is 5.16. The van der Waals surface area contributed by atoms with Gasteiger partial charge < -0.3 is 15.7 Å². The number of carbonyl (C=O) groups is 1. The molecule has 6 heteroatoms. The van der Waals surface area contributed by atoms with Gasteiger partial charge in [-0.25, -0.2) is 0 Å². The summed E-state index contributed by atoms with van der Waals surface area (Å²) >= 11 is 12.0. The van der Waals surface area contributed by atoms with E-state index in [2.05, 4.69) is 4.90 Å². The molecule has 1 unspecified atom stereocenters. The van der Waals surface area contributed by atoms with Gasteiger partial charge in [-0.2, -0.15) is 0 Å². The number of halogens is 2. The number of hydrogen-bond acceptors (Lipinski definition) is 3. The van der Waals surface area contributed by atoms with Crippen molar-refractivity contribution in [3.63, 3.8) is 0 Å². The Balaban J connectivity index is 1.94. The first kappa shape index (κ1) is 15.6. The van der Waals surface area contributed by atoms with Gasteiger partial charge in [-0.05, 0) is 44.1 Å². The van der Waals surface area contributed by atoms with Crippen LogP contribution in [0.4, 0.5) is 0 Å². The lowest BCUT2D eigenvalue weighted by Crippen LogP contribution is -2.40. The quantitative estimate of drug-likeness (QED) is 0.895. The fraction of sp³-hybridized carbons (Fsp3) is 0.500. The predicted molar refractivity (Wildman–Crippen MR) is 79.8 cm³/mol. The molecule has 1 aromatic carbocycles. The van der Waals surface area contributed by atoms with Gasteiger partial charge in [0.15, 0.2) is 0 Å². The van der Waals surface area contributed by atoms with Gasteiger partial charge in [0.25, 0.3) is 0 Å². The molecule has 1 fully saturated rings. The van der Waals surface area contributed by atoms with Crippen molar-refractivity contribution in [1.82, 2.24) is 4.90 Å². The van der Waals surface area contributed by atoms with Gasteiger partial charge in [-0.1, -0.05) is 23.2 Å². The molecule has 0 aromatic heterocycles. The zero-order valence-electron chi connectivity index (χ0n) is 11.1. The van der Waals surface area contributed by atoms with Crippen LogP contribution in [0.2, 0.25) is 10.0 Å². The standard InChI is InChI=1S/C14H18Cl2N2O2/c15-10-1-2-12(16)11(7-10)13(19)8-18-5-3-9(4-6-18)14(17)20/h1-2,7,9,13,19H,3-6,8H2,(H2,17,20). The minimum absolute atomic E-state index is 0.0434. The van der Waals surface area contributed by atoms with Crippen LogP contribution in [0.5, 0.6) is 0 Å². The largest absolute Gasteiger partial charge is 0.387 e. The number of likely N-dealkylation sites (tertiary alicyclic amines) is 1. The van der Waals surface area contributed by atoms with Crippen molar-refractivity contribution in [3.8, 4) is 0 Å². The van der Waals surface area contributed by atoms with E-state index in [0.717, 1.165) is 25.9 Å². The summed E-state index contributed by atoms with van der Waals surface area (Å²) in [6.45, 7) is 1.98. The normalized spacial score (nSPS) is 18.9. The SMILES string of the molecule is NC(=O)C1CCN(CC(O)c2cc(Cl)ccc2Cl)CC1. The number of aliphatic hydroxyl groups excluding tert-OH is 1. The Kier molecular flexibility index (Phi) is 5.27. The zero-order chi connectivity index (χ0) is 14.7. The molecule has 0 bridgehead atoms. The van der Waals surface area contributed by atoms with E-state index in [1.54, 1.807) is 18.2 Å². The van der Waals surface area contributed by atoms with Crippen LogP contribution in [0.15, 0.2) is 18.2 Å². The van der Waals surface area contributed by atoms with Crippen molar-refractivity contribution in [2.45, 2.75) is 18.9 Å². The maximum Gasteiger partial charge on any atom is 0.220 e. The Morgan fingerprint density at radius 1 is 1.40 bits per heavy atom. The summed E-state index contributed by atoms with van der Waals surface area (Å²) in [4.78, 5) is 13.2. The van der Waals surface area contributed by atoms with Crippen LogP contribution < -0.4 is 5.73 Å². The molecule has 1 saturated heterocycles.